The fraction of sp³-hybridized carbons (Fsp3) is 0.312. The average molecular weight is 286 g/mol. The highest BCUT2D eigenvalue weighted by Crippen LogP contribution is 2.32. The molecule has 1 N–H and O–H groups in total. The quantitative estimate of drug-likeness (QED) is 0.915. The van der Waals surface area contributed by atoms with Gasteiger partial charge in [-0.25, -0.2) is 4.98 Å². The number of ether oxygens (including phenoxy) is 3. The number of benzene rings is 1. The van der Waals surface area contributed by atoms with Crippen LogP contribution >= 0.6 is 0 Å². The number of hydrogen-bond donors (Lipinski definition) is 1. The molecule has 2 heterocycles. The maximum atomic E-state index is 5.78. The minimum atomic E-state index is 0.284. The maximum Gasteiger partial charge on any atom is 0.231 e. The number of hydrogen-bond acceptors (Lipinski definition) is 5. The predicted octanol–water partition coefficient (Wildman–Crippen LogP) is 2.42. The van der Waals surface area contributed by atoms with Crippen molar-refractivity contribution in [3.8, 4) is 17.4 Å². The average Bonchev–Trinajstić information content (AvgIpc) is 2.92. The first-order chi connectivity index (χ1) is 10.2. The van der Waals surface area contributed by atoms with Crippen molar-refractivity contribution in [2.24, 2.45) is 0 Å². The standard InChI is InChI=1S/C16H18N2O3/c1-11-5-13(8-17-2)7-16(18-11)19-9-12-3-4-14-15(6-12)21-10-20-14/h3-7,17H,8-10H2,1-2H3. The summed E-state index contributed by atoms with van der Waals surface area (Å²) in [6.07, 6.45) is 0. The van der Waals surface area contributed by atoms with E-state index in [9.17, 15) is 0 Å². The molecule has 5 nitrogen and oxygen atoms in total. The molecule has 0 saturated carbocycles. The molecule has 0 amide bonds. The third-order valence-corrected chi connectivity index (χ3v) is 3.19. The summed E-state index contributed by atoms with van der Waals surface area (Å²) in [5.41, 5.74) is 3.13. The Labute approximate surface area is 123 Å². The van der Waals surface area contributed by atoms with Crippen molar-refractivity contribution in [1.82, 2.24) is 10.3 Å². The summed E-state index contributed by atoms with van der Waals surface area (Å²) in [5, 5.41) is 3.13. The van der Waals surface area contributed by atoms with Gasteiger partial charge < -0.3 is 19.5 Å². The minimum absolute atomic E-state index is 0.284. The third-order valence-electron chi connectivity index (χ3n) is 3.19. The monoisotopic (exact) mass is 286 g/mol. The molecule has 1 aliphatic rings. The second-order valence-corrected chi connectivity index (χ2v) is 4.96. The van der Waals surface area contributed by atoms with Crippen LogP contribution in [-0.2, 0) is 13.2 Å². The van der Waals surface area contributed by atoms with Gasteiger partial charge in [-0.2, -0.15) is 0 Å². The van der Waals surface area contributed by atoms with Crippen molar-refractivity contribution in [3.63, 3.8) is 0 Å². The van der Waals surface area contributed by atoms with Crippen LogP contribution in [0.15, 0.2) is 30.3 Å². The van der Waals surface area contributed by atoms with Gasteiger partial charge in [-0.15, -0.1) is 0 Å². The molecule has 0 spiro atoms. The Kier molecular flexibility index (Phi) is 3.92. The Morgan fingerprint density at radius 2 is 2.00 bits per heavy atom. The topological polar surface area (TPSA) is 52.6 Å². The van der Waals surface area contributed by atoms with Crippen LogP contribution in [0.5, 0.6) is 17.4 Å². The second kappa shape index (κ2) is 6.01. The van der Waals surface area contributed by atoms with E-state index in [1.54, 1.807) is 0 Å². The summed E-state index contributed by atoms with van der Waals surface area (Å²) in [7, 11) is 1.92. The van der Waals surface area contributed by atoms with E-state index in [-0.39, 0.29) is 6.79 Å². The Morgan fingerprint density at radius 1 is 1.14 bits per heavy atom. The summed E-state index contributed by atoms with van der Waals surface area (Å²) in [4.78, 5) is 4.40. The molecular formula is C16H18N2O3. The van der Waals surface area contributed by atoms with Gasteiger partial charge in [0.25, 0.3) is 0 Å². The first-order valence-corrected chi connectivity index (χ1v) is 6.88. The third kappa shape index (κ3) is 3.25. The molecule has 0 atom stereocenters. The van der Waals surface area contributed by atoms with Crippen LogP contribution in [0.1, 0.15) is 16.8 Å². The molecule has 0 aliphatic carbocycles. The summed E-state index contributed by atoms with van der Waals surface area (Å²) in [6, 6.07) is 9.81. The predicted molar refractivity (Wildman–Crippen MR) is 78.6 cm³/mol. The largest absolute Gasteiger partial charge is 0.473 e. The van der Waals surface area contributed by atoms with E-state index < -0.39 is 0 Å². The Hall–Kier alpha value is -2.27. The molecule has 0 bridgehead atoms. The van der Waals surface area contributed by atoms with Gasteiger partial charge in [-0.05, 0) is 43.3 Å². The number of aryl methyl sites for hydroxylation is 1. The molecule has 0 unspecified atom stereocenters. The molecule has 21 heavy (non-hydrogen) atoms. The van der Waals surface area contributed by atoms with Crippen LogP contribution < -0.4 is 19.5 Å². The van der Waals surface area contributed by atoms with Crippen LogP contribution in [0, 0.1) is 6.92 Å². The van der Waals surface area contributed by atoms with Gasteiger partial charge in [0.15, 0.2) is 11.5 Å². The van der Waals surface area contributed by atoms with Gasteiger partial charge in [0.2, 0.25) is 12.7 Å². The first kappa shape index (κ1) is 13.7. The second-order valence-electron chi connectivity index (χ2n) is 4.96. The Morgan fingerprint density at radius 3 is 2.86 bits per heavy atom. The molecule has 0 radical (unpaired) electrons. The molecule has 1 aliphatic heterocycles. The van der Waals surface area contributed by atoms with E-state index in [2.05, 4.69) is 10.3 Å². The van der Waals surface area contributed by atoms with Crippen molar-refractivity contribution < 1.29 is 14.2 Å². The fourth-order valence-corrected chi connectivity index (χ4v) is 2.28. The molecule has 3 rings (SSSR count). The van der Waals surface area contributed by atoms with Crippen molar-refractivity contribution in [2.45, 2.75) is 20.1 Å². The van der Waals surface area contributed by atoms with Gasteiger partial charge in [-0.3, -0.25) is 0 Å². The SMILES string of the molecule is CNCc1cc(C)nc(OCc2ccc3c(c2)OCO3)c1. The number of fused-ring (bicyclic) bond motifs is 1. The fourth-order valence-electron chi connectivity index (χ4n) is 2.28. The van der Waals surface area contributed by atoms with E-state index in [1.807, 2.05) is 44.3 Å². The summed E-state index contributed by atoms with van der Waals surface area (Å²) >= 11 is 0. The van der Waals surface area contributed by atoms with Crippen molar-refractivity contribution in [3.05, 3.63) is 47.2 Å². The van der Waals surface area contributed by atoms with Crippen LogP contribution in [-0.4, -0.2) is 18.8 Å². The zero-order valence-electron chi connectivity index (χ0n) is 12.2. The highest BCUT2D eigenvalue weighted by molar-refractivity contribution is 5.44. The van der Waals surface area contributed by atoms with E-state index in [1.165, 1.54) is 0 Å². The summed E-state index contributed by atoms with van der Waals surface area (Å²) in [5.74, 6) is 2.19. The molecule has 1 aromatic heterocycles. The van der Waals surface area contributed by atoms with E-state index >= 15 is 0 Å². The number of aromatic nitrogens is 1. The van der Waals surface area contributed by atoms with Crippen LogP contribution in [0.2, 0.25) is 0 Å². The molecule has 5 heteroatoms. The maximum absolute atomic E-state index is 5.78. The molecule has 0 saturated heterocycles. The summed E-state index contributed by atoms with van der Waals surface area (Å²) in [6.45, 7) is 3.49. The van der Waals surface area contributed by atoms with Crippen molar-refractivity contribution in [2.75, 3.05) is 13.8 Å². The van der Waals surface area contributed by atoms with Gasteiger partial charge in [0.1, 0.15) is 6.61 Å². The van der Waals surface area contributed by atoms with Crippen molar-refractivity contribution in [1.29, 1.82) is 0 Å². The number of nitrogens with zero attached hydrogens (tertiary/aromatic N) is 1. The van der Waals surface area contributed by atoms with Gasteiger partial charge in [0.05, 0.1) is 0 Å². The van der Waals surface area contributed by atoms with E-state index in [4.69, 9.17) is 14.2 Å². The molecule has 0 fully saturated rings. The highest BCUT2D eigenvalue weighted by atomic mass is 16.7. The van der Waals surface area contributed by atoms with Crippen LogP contribution in [0.3, 0.4) is 0 Å². The van der Waals surface area contributed by atoms with Gasteiger partial charge in [0, 0.05) is 18.3 Å². The first-order valence-electron chi connectivity index (χ1n) is 6.88. The minimum Gasteiger partial charge on any atom is -0.473 e. The Balaban J connectivity index is 1.69. The van der Waals surface area contributed by atoms with Crippen LogP contribution in [0.25, 0.3) is 0 Å². The lowest BCUT2D eigenvalue weighted by Crippen LogP contribution is -2.06. The lowest BCUT2D eigenvalue weighted by Gasteiger charge is -2.09. The Bertz CT molecular complexity index is 643. The molecule has 2 aromatic rings. The van der Waals surface area contributed by atoms with Crippen molar-refractivity contribution >= 4 is 0 Å². The number of rotatable bonds is 5. The number of nitrogens with one attached hydrogen (secondary N) is 1. The van der Waals surface area contributed by atoms with E-state index in [0.717, 1.165) is 34.9 Å². The molecule has 1 aromatic carbocycles. The zero-order valence-corrected chi connectivity index (χ0v) is 12.2. The molecule has 110 valence electrons. The van der Waals surface area contributed by atoms with Gasteiger partial charge >= 0.3 is 0 Å². The van der Waals surface area contributed by atoms with Gasteiger partial charge in [-0.1, -0.05) is 6.07 Å². The normalized spacial score (nSPS) is 12.5. The lowest BCUT2D eigenvalue weighted by molar-refractivity contribution is 0.174. The summed E-state index contributed by atoms with van der Waals surface area (Å²) < 4.78 is 16.4. The number of pyridine rings is 1. The zero-order chi connectivity index (χ0) is 14.7. The molecular weight excluding hydrogens is 268 g/mol. The van der Waals surface area contributed by atoms with Crippen LogP contribution in [0.4, 0.5) is 0 Å². The lowest BCUT2D eigenvalue weighted by atomic mass is 10.2. The smallest absolute Gasteiger partial charge is 0.231 e. The highest BCUT2D eigenvalue weighted by Gasteiger charge is 2.13. The van der Waals surface area contributed by atoms with E-state index in [0.29, 0.717) is 12.5 Å².